The Morgan fingerprint density at radius 2 is 1.89 bits per heavy atom. The van der Waals surface area contributed by atoms with E-state index in [0.29, 0.717) is 0 Å². The first-order chi connectivity index (χ1) is 8.36. The van der Waals surface area contributed by atoms with Crippen molar-refractivity contribution in [1.82, 2.24) is 18.7 Å². The van der Waals surface area contributed by atoms with Gasteiger partial charge in [0.1, 0.15) is 0 Å². The molecule has 7 nitrogen and oxygen atoms in total. The quantitative estimate of drug-likeness (QED) is 0.725. The second-order valence-corrected chi connectivity index (χ2v) is 4.32. The van der Waals surface area contributed by atoms with Crippen LogP contribution in [-0.2, 0) is 18.9 Å². The van der Waals surface area contributed by atoms with E-state index in [1.54, 1.807) is 14.0 Å². The van der Waals surface area contributed by atoms with E-state index in [0.717, 1.165) is 4.57 Å². The monoisotopic (exact) mass is 250 g/mol. The Labute approximate surface area is 102 Å². The molecule has 2 rings (SSSR count). The second kappa shape index (κ2) is 3.94. The van der Waals surface area contributed by atoms with Gasteiger partial charge in [-0.2, -0.15) is 0 Å². The van der Waals surface area contributed by atoms with Crippen molar-refractivity contribution in [3.8, 4) is 0 Å². The van der Waals surface area contributed by atoms with Gasteiger partial charge in [-0.25, -0.2) is 9.78 Å². The zero-order valence-corrected chi connectivity index (χ0v) is 10.7. The highest BCUT2D eigenvalue weighted by atomic mass is 16.2. The number of imidazole rings is 1. The third-order valence-corrected chi connectivity index (χ3v) is 3.18. The number of Topliss-reactive ketones (excluding diaryl/α,β-unsaturated/α-hetero) is 1. The van der Waals surface area contributed by atoms with Crippen molar-refractivity contribution >= 4 is 16.9 Å². The topological polar surface area (TPSA) is 78.9 Å². The van der Waals surface area contributed by atoms with Crippen molar-refractivity contribution in [2.24, 2.45) is 14.1 Å². The van der Waals surface area contributed by atoms with Gasteiger partial charge in [0, 0.05) is 14.1 Å². The maximum atomic E-state index is 12.1. The van der Waals surface area contributed by atoms with E-state index < -0.39 is 17.3 Å². The molecule has 0 radical (unpaired) electrons. The van der Waals surface area contributed by atoms with Crippen molar-refractivity contribution in [1.29, 1.82) is 0 Å². The minimum Gasteiger partial charge on any atom is -0.314 e. The number of aromatic nitrogens is 4. The largest absolute Gasteiger partial charge is 0.332 e. The molecule has 0 aliphatic heterocycles. The SMILES string of the molecule is CC(=O)C(C)n1cnc2c1c(=O)n(C)c(=O)n2C. The molecule has 0 amide bonds. The highest BCUT2D eigenvalue weighted by Crippen LogP contribution is 2.13. The van der Waals surface area contributed by atoms with Crippen LogP contribution in [0.15, 0.2) is 15.9 Å². The van der Waals surface area contributed by atoms with Crippen molar-refractivity contribution in [3.63, 3.8) is 0 Å². The summed E-state index contributed by atoms with van der Waals surface area (Å²) in [5.74, 6) is -0.0785. The number of fused-ring (bicyclic) bond motifs is 1. The Morgan fingerprint density at radius 3 is 2.44 bits per heavy atom. The number of hydrogen-bond donors (Lipinski definition) is 0. The first kappa shape index (κ1) is 12.3. The predicted octanol–water partition coefficient (Wildman–Crippen LogP) is -0.416. The third-order valence-electron chi connectivity index (χ3n) is 3.18. The molecule has 2 heterocycles. The fourth-order valence-electron chi connectivity index (χ4n) is 1.85. The van der Waals surface area contributed by atoms with E-state index in [4.69, 9.17) is 0 Å². The summed E-state index contributed by atoms with van der Waals surface area (Å²) in [7, 11) is 2.94. The Kier molecular flexibility index (Phi) is 2.68. The molecule has 0 bridgehead atoms. The van der Waals surface area contributed by atoms with Crippen LogP contribution in [0.5, 0.6) is 0 Å². The molecule has 0 aliphatic carbocycles. The fourth-order valence-corrected chi connectivity index (χ4v) is 1.85. The fraction of sp³-hybridized carbons (Fsp3) is 0.455. The molecular formula is C11H14N4O3. The van der Waals surface area contributed by atoms with Gasteiger partial charge in [-0.05, 0) is 13.8 Å². The lowest BCUT2D eigenvalue weighted by atomic mass is 10.2. The van der Waals surface area contributed by atoms with Crippen molar-refractivity contribution in [2.75, 3.05) is 0 Å². The van der Waals surface area contributed by atoms with E-state index in [9.17, 15) is 14.4 Å². The summed E-state index contributed by atoms with van der Waals surface area (Å²) < 4.78 is 3.80. The lowest BCUT2D eigenvalue weighted by Crippen LogP contribution is -2.37. The van der Waals surface area contributed by atoms with Crippen molar-refractivity contribution in [2.45, 2.75) is 19.9 Å². The molecule has 7 heteroatoms. The standard InChI is InChI=1S/C11H14N4O3/c1-6(7(2)16)15-5-12-9-8(15)10(17)14(4)11(18)13(9)3/h5-6H,1-4H3. The first-order valence-electron chi connectivity index (χ1n) is 5.49. The van der Waals surface area contributed by atoms with E-state index >= 15 is 0 Å². The van der Waals surface area contributed by atoms with Crippen LogP contribution in [0.1, 0.15) is 19.9 Å². The predicted molar refractivity (Wildman–Crippen MR) is 65.6 cm³/mol. The molecule has 96 valence electrons. The van der Waals surface area contributed by atoms with Gasteiger partial charge in [-0.1, -0.05) is 0 Å². The van der Waals surface area contributed by atoms with Gasteiger partial charge in [0.05, 0.1) is 12.4 Å². The zero-order valence-electron chi connectivity index (χ0n) is 10.7. The van der Waals surface area contributed by atoms with Gasteiger partial charge in [0.2, 0.25) is 0 Å². The molecule has 0 spiro atoms. The van der Waals surface area contributed by atoms with Crippen LogP contribution in [-0.4, -0.2) is 24.5 Å². The molecule has 0 N–H and O–H groups in total. The summed E-state index contributed by atoms with van der Waals surface area (Å²) in [6, 6.07) is -0.486. The van der Waals surface area contributed by atoms with Crippen LogP contribution < -0.4 is 11.2 Å². The Bertz CT molecular complexity index is 750. The summed E-state index contributed by atoms with van der Waals surface area (Å²) >= 11 is 0. The lowest BCUT2D eigenvalue weighted by molar-refractivity contribution is -0.119. The van der Waals surface area contributed by atoms with E-state index in [-0.39, 0.29) is 16.9 Å². The summed E-state index contributed by atoms with van der Waals surface area (Å²) in [5, 5.41) is 0. The molecule has 0 aromatic carbocycles. The van der Waals surface area contributed by atoms with Gasteiger partial charge in [0.25, 0.3) is 5.56 Å². The molecule has 2 aromatic rings. The Morgan fingerprint density at radius 1 is 1.28 bits per heavy atom. The molecule has 0 saturated carbocycles. The van der Waals surface area contributed by atoms with Gasteiger partial charge in [-0.15, -0.1) is 0 Å². The second-order valence-electron chi connectivity index (χ2n) is 4.32. The van der Waals surface area contributed by atoms with E-state index in [1.807, 2.05) is 0 Å². The highest BCUT2D eigenvalue weighted by molar-refractivity contribution is 5.82. The normalized spacial score (nSPS) is 12.9. The zero-order chi connectivity index (χ0) is 13.6. The molecule has 0 aliphatic rings. The van der Waals surface area contributed by atoms with Gasteiger partial charge >= 0.3 is 5.69 Å². The van der Waals surface area contributed by atoms with Crippen LogP contribution >= 0.6 is 0 Å². The average molecular weight is 250 g/mol. The first-order valence-corrected chi connectivity index (χ1v) is 5.49. The summed E-state index contributed by atoms with van der Waals surface area (Å²) in [5.41, 5.74) is -0.328. The van der Waals surface area contributed by atoms with E-state index in [1.165, 1.54) is 29.4 Å². The summed E-state index contributed by atoms with van der Waals surface area (Å²) in [6.45, 7) is 3.14. The molecule has 1 atom stereocenters. The van der Waals surface area contributed by atoms with E-state index in [2.05, 4.69) is 4.98 Å². The van der Waals surface area contributed by atoms with Crippen LogP contribution in [0, 0.1) is 0 Å². The Hall–Kier alpha value is -2.18. The third kappa shape index (κ3) is 1.51. The Balaban J connectivity index is 2.95. The lowest BCUT2D eigenvalue weighted by Gasteiger charge is -2.11. The summed E-state index contributed by atoms with van der Waals surface area (Å²) in [6.07, 6.45) is 1.41. The van der Waals surface area contributed by atoms with Crippen LogP contribution in [0.3, 0.4) is 0 Å². The minimum absolute atomic E-state index is 0.0785. The number of rotatable bonds is 2. The van der Waals surface area contributed by atoms with Crippen molar-refractivity contribution < 1.29 is 4.79 Å². The highest BCUT2D eigenvalue weighted by Gasteiger charge is 2.19. The molecule has 0 saturated heterocycles. The van der Waals surface area contributed by atoms with Crippen LogP contribution in [0.25, 0.3) is 11.2 Å². The number of nitrogens with zero attached hydrogens (tertiary/aromatic N) is 4. The number of hydrogen-bond acceptors (Lipinski definition) is 4. The summed E-state index contributed by atoms with van der Waals surface area (Å²) in [4.78, 5) is 39.3. The number of carbonyl (C=O) groups is 1. The van der Waals surface area contributed by atoms with Crippen LogP contribution in [0.2, 0.25) is 0 Å². The van der Waals surface area contributed by atoms with Crippen LogP contribution in [0.4, 0.5) is 0 Å². The van der Waals surface area contributed by atoms with Crippen molar-refractivity contribution in [3.05, 3.63) is 27.2 Å². The number of aryl methyl sites for hydroxylation is 1. The minimum atomic E-state index is -0.486. The maximum Gasteiger partial charge on any atom is 0.332 e. The molecule has 2 aromatic heterocycles. The maximum absolute atomic E-state index is 12.1. The van der Waals surface area contributed by atoms with Gasteiger partial charge in [-0.3, -0.25) is 18.7 Å². The molecule has 18 heavy (non-hydrogen) atoms. The molecule has 1 unspecified atom stereocenters. The van der Waals surface area contributed by atoms with Gasteiger partial charge in [0.15, 0.2) is 16.9 Å². The molecular weight excluding hydrogens is 236 g/mol. The number of carbonyl (C=O) groups excluding carboxylic acids is 1. The number of ketones is 1. The smallest absolute Gasteiger partial charge is 0.314 e. The van der Waals surface area contributed by atoms with Gasteiger partial charge < -0.3 is 4.57 Å². The average Bonchev–Trinajstić information content (AvgIpc) is 2.77. The molecule has 0 fully saturated rings.